The smallest absolute Gasteiger partial charge is 0.410 e. The van der Waals surface area contributed by atoms with Gasteiger partial charge < -0.3 is 9.64 Å². The molecule has 2 rings (SSSR count). The molecule has 2 unspecified atom stereocenters. The summed E-state index contributed by atoms with van der Waals surface area (Å²) in [6.45, 7) is 5.29. The van der Waals surface area contributed by atoms with Crippen molar-refractivity contribution in [1.29, 1.82) is 0 Å². The molecule has 0 N–H and O–H groups in total. The van der Waals surface area contributed by atoms with Crippen molar-refractivity contribution in [2.75, 3.05) is 13.1 Å². The van der Waals surface area contributed by atoms with E-state index in [9.17, 15) is 27.7 Å². The molecule has 0 aromatic heterocycles. The highest BCUT2D eigenvalue weighted by molar-refractivity contribution is 7.86. The average Bonchev–Trinajstić information content (AvgIpc) is 2.75. The van der Waals surface area contributed by atoms with Gasteiger partial charge in [0.05, 0.1) is 9.82 Å². The summed E-state index contributed by atoms with van der Waals surface area (Å²) in [5.74, 6) is 0. The lowest BCUT2D eigenvalue weighted by atomic mass is 10.1. The lowest BCUT2D eigenvalue weighted by Gasteiger charge is -2.26. The van der Waals surface area contributed by atoms with E-state index >= 15 is 0 Å². The third-order valence-electron chi connectivity index (χ3n) is 4.00. The number of amides is 1. The fraction of sp³-hybridized carbons (Fsp3) is 0.588. The van der Waals surface area contributed by atoms with Crippen LogP contribution in [0.1, 0.15) is 33.6 Å². The first kappa shape index (κ1) is 22.0. The molecule has 2 atom stereocenters. The number of carbonyl (C=O) groups excluding carboxylic acids is 1. The Labute approximate surface area is 162 Å². The predicted molar refractivity (Wildman–Crippen MR) is 97.1 cm³/mol. The van der Waals surface area contributed by atoms with Crippen LogP contribution in [0, 0.1) is 10.1 Å². The summed E-state index contributed by atoms with van der Waals surface area (Å²) in [5.41, 5.74) is -0.974. The van der Waals surface area contributed by atoms with Gasteiger partial charge in [0, 0.05) is 25.2 Å². The Morgan fingerprint density at radius 3 is 2.32 bits per heavy atom. The monoisotopic (exact) mass is 418 g/mol. The fourth-order valence-corrected chi connectivity index (χ4v) is 3.73. The van der Waals surface area contributed by atoms with Crippen LogP contribution in [-0.4, -0.2) is 55.3 Å². The minimum Gasteiger partial charge on any atom is -0.444 e. The van der Waals surface area contributed by atoms with Crippen LogP contribution in [-0.2, 0) is 19.0 Å². The Balaban J connectivity index is 2.06. The van der Waals surface area contributed by atoms with Crippen molar-refractivity contribution < 1.29 is 31.4 Å². The van der Waals surface area contributed by atoms with Gasteiger partial charge in [-0.3, -0.25) is 14.3 Å². The van der Waals surface area contributed by atoms with Gasteiger partial charge in [-0.05, 0) is 45.7 Å². The maximum atomic E-state index is 14.4. The molecule has 0 bridgehead atoms. The van der Waals surface area contributed by atoms with Crippen molar-refractivity contribution in [3.63, 3.8) is 0 Å². The van der Waals surface area contributed by atoms with E-state index in [0.29, 0.717) is 0 Å². The van der Waals surface area contributed by atoms with Gasteiger partial charge in [-0.1, -0.05) is 0 Å². The van der Waals surface area contributed by atoms with Gasteiger partial charge in [0.15, 0.2) is 0 Å². The molecule has 0 radical (unpaired) electrons. The van der Waals surface area contributed by atoms with Crippen molar-refractivity contribution in [2.45, 2.75) is 56.4 Å². The molecule has 0 saturated carbocycles. The molecule has 1 amide bonds. The summed E-state index contributed by atoms with van der Waals surface area (Å²) in [6.07, 6.45) is -3.60. The molecular weight excluding hydrogens is 395 g/mol. The van der Waals surface area contributed by atoms with Gasteiger partial charge >= 0.3 is 6.09 Å². The summed E-state index contributed by atoms with van der Waals surface area (Å²) in [7, 11) is -4.32. The minimum absolute atomic E-state index is 0.0351. The molecule has 11 heteroatoms. The molecule has 1 aliphatic heterocycles. The number of nitrogens with zero attached hydrogens (tertiary/aromatic N) is 2. The lowest BCUT2D eigenvalue weighted by molar-refractivity contribution is -0.384. The highest BCUT2D eigenvalue weighted by atomic mass is 32.2. The summed E-state index contributed by atoms with van der Waals surface area (Å²) in [4.78, 5) is 23.2. The maximum absolute atomic E-state index is 14.4. The quantitative estimate of drug-likeness (QED) is 0.419. The van der Waals surface area contributed by atoms with E-state index in [0.717, 1.165) is 24.3 Å². The molecule has 1 saturated heterocycles. The van der Waals surface area contributed by atoms with Crippen LogP contribution >= 0.6 is 0 Å². The first-order valence-electron chi connectivity index (χ1n) is 8.69. The predicted octanol–water partition coefficient (Wildman–Crippen LogP) is 3.04. The van der Waals surface area contributed by atoms with Crippen LogP contribution in [0.5, 0.6) is 0 Å². The number of hydrogen-bond donors (Lipinski definition) is 0. The molecule has 156 valence electrons. The van der Waals surface area contributed by atoms with E-state index in [1.54, 1.807) is 20.8 Å². The third-order valence-corrected chi connectivity index (χ3v) is 5.35. The molecule has 1 fully saturated rings. The number of alkyl halides is 1. The number of halogens is 1. The fourth-order valence-electron chi connectivity index (χ4n) is 2.61. The SMILES string of the molecule is CC(C)(C)OC(=O)N1CCC(F)C(OS(=O)(=O)c2ccc([N+](=O)[O-])cc2)CC1. The van der Waals surface area contributed by atoms with Crippen molar-refractivity contribution in [3.8, 4) is 0 Å². The van der Waals surface area contributed by atoms with E-state index in [1.165, 1.54) is 4.90 Å². The molecular formula is C17H23FN2O7S. The summed E-state index contributed by atoms with van der Waals surface area (Å²) in [6, 6.07) is 4.12. The third kappa shape index (κ3) is 5.86. The molecule has 1 aromatic carbocycles. The van der Waals surface area contributed by atoms with Gasteiger partial charge in [-0.15, -0.1) is 0 Å². The van der Waals surface area contributed by atoms with Crippen molar-refractivity contribution in [1.82, 2.24) is 4.90 Å². The normalized spacial score (nSPS) is 21.1. The van der Waals surface area contributed by atoms with Crippen LogP contribution < -0.4 is 0 Å². The number of non-ortho nitro benzene ring substituents is 1. The van der Waals surface area contributed by atoms with Gasteiger partial charge in [-0.2, -0.15) is 8.42 Å². The standard InChI is InChI=1S/C17H23FN2O7S/c1-17(2,3)26-16(21)19-10-8-14(18)15(9-11-19)27-28(24,25)13-6-4-12(5-7-13)20(22)23/h4-7,14-15H,8-11H2,1-3H3. The van der Waals surface area contributed by atoms with Gasteiger partial charge in [0.1, 0.15) is 17.9 Å². The van der Waals surface area contributed by atoms with Crippen LogP contribution in [0.4, 0.5) is 14.9 Å². The van der Waals surface area contributed by atoms with Crippen molar-refractivity contribution in [3.05, 3.63) is 34.4 Å². The van der Waals surface area contributed by atoms with Crippen LogP contribution in [0.15, 0.2) is 29.2 Å². The summed E-state index contributed by atoms with van der Waals surface area (Å²) < 4.78 is 49.5. The lowest BCUT2D eigenvalue weighted by Crippen LogP contribution is -2.37. The molecule has 1 heterocycles. The first-order chi connectivity index (χ1) is 12.9. The molecule has 0 aliphatic carbocycles. The summed E-state index contributed by atoms with van der Waals surface area (Å²) in [5, 5.41) is 10.7. The minimum atomic E-state index is -4.32. The Morgan fingerprint density at radius 2 is 1.79 bits per heavy atom. The number of rotatable bonds is 4. The number of likely N-dealkylation sites (tertiary alicyclic amines) is 1. The van der Waals surface area contributed by atoms with Gasteiger partial charge in [0.25, 0.3) is 15.8 Å². The number of carbonyl (C=O) groups is 1. The zero-order chi connectivity index (χ0) is 21.1. The molecule has 1 aliphatic rings. The maximum Gasteiger partial charge on any atom is 0.410 e. The second-order valence-corrected chi connectivity index (χ2v) is 8.97. The Hall–Kier alpha value is -2.27. The molecule has 0 spiro atoms. The Kier molecular flexibility index (Phi) is 6.60. The number of nitro benzene ring substituents is 1. The van der Waals surface area contributed by atoms with E-state index in [1.807, 2.05) is 0 Å². The number of benzene rings is 1. The number of nitro groups is 1. The highest BCUT2D eigenvalue weighted by Gasteiger charge is 2.34. The van der Waals surface area contributed by atoms with Gasteiger partial charge in [0.2, 0.25) is 0 Å². The molecule has 1 aromatic rings. The molecule has 9 nitrogen and oxygen atoms in total. The van der Waals surface area contributed by atoms with Crippen LogP contribution in [0.2, 0.25) is 0 Å². The summed E-state index contributed by atoms with van der Waals surface area (Å²) >= 11 is 0. The largest absolute Gasteiger partial charge is 0.444 e. The average molecular weight is 418 g/mol. The molecule has 28 heavy (non-hydrogen) atoms. The Morgan fingerprint density at radius 1 is 1.21 bits per heavy atom. The second-order valence-electron chi connectivity index (χ2n) is 7.40. The van der Waals surface area contributed by atoms with Crippen LogP contribution in [0.3, 0.4) is 0 Å². The van der Waals surface area contributed by atoms with Crippen LogP contribution in [0.25, 0.3) is 0 Å². The van der Waals surface area contributed by atoms with E-state index in [2.05, 4.69) is 0 Å². The Bertz CT molecular complexity index is 821. The van der Waals surface area contributed by atoms with E-state index < -0.39 is 39.0 Å². The highest BCUT2D eigenvalue weighted by Crippen LogP contribution is 2.25. The van der Waals surface area contributed by atoms with E-state index in [4.69, 9.17) is 8.92 Å². The zero-order valence-electron chi connectivity index (χ0n) is 15.8. The van der Waals surface area contributed by atoms with Gasteiger partial charge in [-0.25, -0.2) is 9.18 Å². The zero-order valence-corrected chi connectivity index (χ0v) is 16.6. The van der Waals surface area contributed by atoms with E-state index in [-0.39, 0.29) is 36.5 Å². The second kappa shape index (κ2) is 8.39. The first-order valence-corrected chi connectivity index (χ1v) is 10.1. The van der Waals surface area contributed by atoms with Crippen molar-refractivity contribution in [2.24, 2.45) is 0 Å². The van der Waals surface area contributed by atoms with Crippen molar-refractivity contribution >= 4 is 21.9 Å². The topological polar surface area (TPSA) is 116 Å². The number of hydrogen-bond acceptors (Lipinski definition) is 7. The number of ether oxygens (including phenoxy) is 1.